The van der Waals surface area contributed by atoms with Crippen molar-refractivity contribution < 1.29 is 4.79 Å². The van der Waals surface area contributed by atoms with Crippen LogP contribution in [0.4, 0.5) is 0 Å². The third-order valence-corrected chi connectivity index (χ3v) is 3.18. The summed E-state index contributed by atoms with van der Waals surface area (Å²) in [4.78, 5) is 13.8. The number of alkyl halides is 1. The van der Waals surface area contributed by atoms with Crippen molar-refractivity contribution in [3.63, 3.8) is 0 Å². The molecule has 0 aromatic carbocycles. The Morgan fingerprint density at radius 3 is 2.42 bits per heavy atom. The second-order valence-electron chi connectivity index (χ2n) is 3.83. The first-order valence-electron chi connectivity index (χ1n) is 4.46. The largest absolute Gasteiger partial charge is 0.339 e. The van der Waals surface area contributed by atoms with Crippen molar-refractivity contribution in [2.24, 2.45) is 5.92 Å². The van der Waals surface area contributed by atoms with E-state index in [1.54, 1.807) is 0 Å². The van der Waals surface area contributed by atoms with E-state index in [0.717, 1.165) is 6.54 Å². The zero-order valence-electron chi connectivity index (χ0n) is 7.88. The van der Waals surface area contributed by atoms with Crippen molar-refractivity contribution in [3.05, 3.63) is 0 Å². The van der Waals surface area contributed by atoms with Gasteiger partial charge in [-0.3, -0.25) is 4.79 Å². The number of halogens is 1. The van der Waals surface area contributed by atoms with Crippen molar-refractivity contribution >= 4 is 21.8 Å². The fourth-order valence-corrected chi connectivity index (χ4v) is 2.03. The lowest BCUT2D eigenvalue weighted by Gasteiger charge is -2.27. The van der Waals surface area contributed by atoms with Crippen molar-refractivity contribution in [1.82, 2.24) is 4.90 Å². The maximum absolute atomic E-state index is 11.4. The van der Waals surface area contributed by atoms with Crippen molar-refractivity contribution in [2.45, 2.75) is 38.1 Å². The van der Waals surface area contributed by atoms with Crippen LogP contribution in [-0.2, 0) is 4.79 Å². The molecule has 2 atom stereocenters. The molecule has 1 aliphatic rings. The summed E-state index contributed by atoms with van der Waals surface area (Å²) in [6.45, 7) is 7.30. The van der Waals surface area contributed by atoms with Crippen molar-refractivity contribution in [2.75, 3.05) is 6.54 Å². The van der Waals surface area contributed by atoms with Crippen molar-refractivity contribution in [3.8, 4) is 0 Å². The molecule has 0 aliphatic carbocycles. The van der Waals surface area contributed by atoms with Crippen molar-refractivity contribution in [1.29, 1.82) is 0 Å². The summed E-state index contributed by atoms with van der Waals surface area (Å²) in [6, 6.07) is 0.375. The Morgan fingerprint density at radius 1 is 1.50 bits per heavy atom. The average Bonchev–Trinajstić information content (AvgIpc) is 2.28. The molecule has 3 heteroatoms. The quantitative estimate of drug-likeness (QED) is 0.669. The fraction of sp³-hybridized carbons (Fsp3) is 0.889. The molecule has 1 saturated heterocycles. The molecular formula is C9H16BrNO. The van der Waals surface area contributed by atoms with Gasteiger partial charge in [0, 0.05) is 23.8 Å². The van der Waals surface area contributed by atoms with Gasteiger partial charge in [0.15, 0.2) is 0 Å². The predicted molar refractivity (Wildman–Crippen MR) is 53.3 cm³/mol. The maximum atomic E-state index is 11.4. The summed E-state index contributed by atoms with van der Waals surface area (Å²) in [5.74, 6) is 0.838. The predicted octanol–water partition coefficient (Wildman–Crippen LogP) is 2.03. The van der Waals surface area contributed by atoms with E-state index in [1.807, 2.05) is 4.90 Å². The van der Waals surface area contributed by atoms with Crippen LogP contribution >= 0.6 is 15.9 Å². The first kappa shape index (κ1) is 10.0. The summed E-state index contributed by atoms with van der Waals surface area (Å²) < 4.78 is 0. The number of carbonyl (C=O) groups excluding carboxylic acids is 1. The molecule has 1 rings (SSSR count). The Labute approximate surface area is 82.4 Å². The van der Waals surface area contributed by atoms with E-state index < -0.39 is 0 Å². The lowest BCUT2D eigenvalue weighted by atomic mass is 10.1. The van der Waals surface area contributed by atoms with Gasteiger partial charge < -0.3 is 4.90 Å². The Hall–Kier alpha value is -0.0500. The zero-order valence-corrected chi connectivity index (χ0v) is 9.47. The number of amides is 1. The Bertz CT molecular complexity index is 181. The molecule has 12 heavy (non-hydrogen) atoms. The molecule has 0 aromatic rings. The lowest BCUT2D eigenvalue weighted by molar-refractivity contribution is -0.130. The lowest BCUT2D eigenvalue weighted by Crippen LogP contribution is -2.37. The Balaban J connectivity index is 2.58. The minimum absolute atomic E-state index is 0.290. The van der Waals surface area contributed by atoms with Crippen LogP contribution in [0.1, 0.15) is 27.2 Å². The molecule has 1 amide bonds. The summed E-state index contributed by atoms with van der Waals surface area (Å²) in [5.41, 5.74) is 0. The summed E-state index contributed by atoms with van der Waals surface area (Å²) in [5, 5.41) is 0. The molecule has 0 spiro atoms. The second-order valence-corrected chi connectivity index (χ2v) is 5.13. The van der Waals surface area contributed by atoms with Crippen LogP contribution in [0.15, 0.2) is 0 Å². The number of rotatable bonds is 2. The van der Waals surface area contributed by atoms with Gasteiger partial charge in [-0.1, -0.05) is 29.8 Å². The Kier molecular flexibility index (Phi) is 3.16. The van der Waals surface area contributed by atoms with Crippen LogP contribution < -0.4 is 0 Å². The first-order chi connectivity index (χ1) is 5.52. The van der Waals surface area contributed by atoms with Gasteiger partial charge in [-0.15, -0.1) is 0 Å². The van der Waals surface area contributed by atoms with E-state index in [2.05, 4.69) is 36.7 Å². The minimum atomic E-state index is 0.290. The molecule has 0 aromatic heterocycles. The van der Waals surface area contributed by atoms with E-state index in [-0.39, 0.29) is 5.91 Å². The second kappa shape index (κ2) is 3.77. The summed E-state index contributed by atoms with van der Waals surface area (Å²) in [6.07, 6.45) is 0.664. The van der Waals surface area contributed by atoms with E-state index in [0.29, 0.717) is 23.2 Å². The van der Waals surface area contributed by atoms with Crippen LogP contribution in [0.25, 0.3) is 0 Å². The third kappa shape index (κ3) is 2.00. The highest BCUT2D eigenvalue weighted by Gasteiger charge is 2.31. The van der Waals surface area contributed by atoms with E-state index in [1.165, 1.54) is 0 Å². The Morgan fingerprint density at radius 2 is 2.08 bits per heavy atom. The summed E-state index contributed by atoms with van der Waals surface area (Å²) >= 11 is 3.47. The number of likely N-dealkylation sites (tertiary alicyclic amines) is 1. The van der Waals surface area contributed by atoms with Gasteiger partial charge in [-0.25, -0.2) is 0 Å². The molecule has 1 fully saturated rings. The fourth-order valence-electron chi connectivity index (χ4n) is 1.44. The van der Waals surface area contributed by atoms with E-state index in [4.69, 9.17) is 0 Å². The highest BCUT2D eigenvalue weighted by Crippen LogP contribution is 2.22. The van der Waals surface area contributed by atoms with Crippen LogP contribution in [0.3, 0.4) is 0 Å². The molecule has 0 bridgehead atoms. The molecule has 0 radical (unpaired) electrons. The smallest absolute Gasteiger partial charge is 0.224 e. The minimum Gasteiger partial charge on any atom is -0.339 e. The maximum Gasteiger partial charge on any atom is 0.224 e. The van der Waals surface area contributed by atoms with E-state index in [9.17, 15) is 4.79 Å². The average molecular weight is 234 g/mol. The highest BCUT2D eigenvalue weighted by molar-refractivity contribution is 9.09. The molecule has 1 aliphatic heterocycles. The van der Waals surface area contributed by atoms with Crippen LogP contribution in [0, 0.1) is 5.92 Å². The number of hydrogen-bond donors (Lipinski definition) is 0. The SMILES string of the molecule is CC(C)C(C)N1CC(Br)CC1=O. The van der Waals surface area contributed by atoms with E-state index >= 15 is 0 Å². The molecule has 0 N–H and O–H groups in total. The van der Waals surface area contributed by atoms with Gasteiger partial charge in [-0.2, -0.15) is 0 Å². The van der Waals surface area contributed by atoms with Crippen LogP contribution in [0.5, 0.6) is 0 Å². The van der Waals surface area contributed by atoms with Gasteiger partial charge in [0.25, 0.3) is 0 Å². The van der Waals surface area contributed by atoms with Gasteiger partial charge in [0.2, 0.25) is 5.91 Å². The topological polar surface area (TPSA) is 20.3 Å². The monoisotopic (exact) mass is 233 g/mol. The number of carbonyl (C=O) groups is 1. The van der Waals surface area contributed by atoms with Gasteiger partial charge in [0.1, 0.15) is 0 Å². The molecular weight excluding hydrogens is 218 g/mol. The number of hydrogen-bond acceptors (Lipinski definition) is 1. The van der Waals surface area contributed by atoms with Crippen LogP contribution in [-0.4, -0.2) is 28.2 Å². The highest BCUT2D eigenvalue weighted by atomic mass is 79.9. The standard InChI is InChI=1S/C9H16BrNO/c1-6(2)7(3)11-5-8(10)4-9(11)12/h6-8H,4-5H2,1-3H3. The molecule has 2 unspecified atom stereocenters. The first-order valence-corrected chi connectivity index (χ1v) is 5.37. The summed E-state index contributed by atoms with van der Waals surface area (Å²) in [7, 11) is 0. The molecule has 2 nitrogen and oxygen atoms in total. The normalized spacial score (nSPS) is 26.9. The van der Waals surface area contributed by atoms with Gasteiger partial charge in [-0.05, 0) is 12.8 Å². The third-order valence-electron chi connectivity index (χ3n) is 2.57. The molecule has 70 valence electrons. The number of nitrogens with zero attached hydrogens (tertiary/aromatic N) is 1. The van der Waals surface area contributed by atoms with Gasteiger partial charge >= 0.3 is 0 Å². The molecule has 1 heterocycles. The zero-order chi connectivity index (χ0) is 9.30. The van der Waals surface area contributed by atoms with Crippen LogP contribution in [0.2, 0.25) is 0 Å². The van der Waals surface area contributed by atoms with Gasteiger partial charge in [0.05, 0.1) is 0 Å². The molecule has 0 saturated carbocycles.